The minimum Gasteiger partial charge on any atom is -0.496 e. The molecule has 1 fully saturated rings. The number of carbonyl (C=O) groups excluding carboxylic acids is 2. The molecule has 2 aliphatic rings. The summed E-state index contributed by atoms with van der Waals surface area (Å²) >= 11 is 6.08. The summed E-state index contributed by atoms with van der Waals surface area (Å²) in [5, 5.41) is 0.644. The van der Waals surface area contributed by atoms with Crippen molar-refractivity contribution in [2.75, 3.05) is 39.9 Å². The molecule has 4 rings (SSSR count). The van der Waals surface area contributed by atoms with E-state index in [-0.39, 0.29) is 17.7 Å². The Bertz CT molecular complexity index is 970. The van der Waals surface area contributed by atoms with E-state index in [0.29, 0.717) is 55.5 Å². The number of nitrogens with zero attached hydrogens (tertiary/aromatic N) is 2. The van der Waals surface area contributed by atoms with Crippen LogP contribution in [0.15, 0.2) is 36.4 Å². The van der Waals surface area contributed by atoms with Gasteiger partial charge in [-0.2, -0.15) is 0 Å². The normalized spacial score (nSPS) is 18.4. The minimum absolute atomic E-state index is 0.0371. The van der Waals surface area contributed by atoms with E-state index in [1.54, 1.807) is 24.1 Å². The molecule has 30 heavy (non-hydrogen) atoms. The number of carbonyl (C=O) groups is 2. The van der Waals surface area contributed by atoms with Gasteiger partial charge >= 0.3 is 0 Å². The third-order valence-electron chi connectivity index (χ3n) is 5.81. The Labute approximate surface area is 181 Å². The summed E-state index contributed by atoms with van der Waals surface area (Å²) < 4.78 is 11.1. The molecule has 2 heterocycles. The summed E-state index contributed by atoms with van der Waals surface area (Å²) in [5.74, 6) is 1.31. The van der Waals surface area contributed by atoms with Gasteiger partial charge in [-0.1, -0.05) is 17.7 Å². The summed E-state index contributed by atoms with van der Waals surface area (Å²) in [6.45, 7) is 4.38. The average Bonchev–Trinajstić information content (AvgIpc) is 2.78. The second kappa shape index (κ2) is 8.56. The number of piperazine rings is 1. The number of amides is 2. The van der Waals surface area contributed by atoms with Crippen LogP contribution >= 0.6 is 11.6 Å². The van der Waals surface area contributed by atoms with Crippen molar-refractivity contribution in [2.24, 2.45) is 5.92 Å². The van der Waals surface area contributed by atoms with Gasteiger partial charge in [0, 0.05) is 36.8 Å². The van der Waals surface area contributed by atoms with E-state index in [4.69, 9.17) is 21.1 Å². The third kappa shape index (κ3) is 4.10. The predicted octanol–water partition coefficient (Wildman–Crippen LogP) is 3.19. The van der Waals surface area contributed by atoms with Gasteiger partial charge in [0.2, 0.25) is 5.91 Å². The fourth-order valence-corrected chi connectivity index (χ4v) is 4.24. The zero-order chi connectivity index (χ0) is 21.3. The summed E-state index contributed by atoms with van der Waals surface area (Å²) in [5.41, 5.74) is 2.56. The molecule has 0 aliphatic carbocycles. The van der Waals surface area contributed by atoms with Crippen LogP contribution in [0, 0.1) is 12.8 Å². The van der Waals surface area contributed by atoms with Crippen molar-refractivity contribution in [2.45, 2.75) is 13.3 Å². The van der Waals surface area contributed by atoms with E-state index in [1.807, 2.05) is 36.1 Å². The van der Waals surface area contributed by atoms with Gasteiger partial charge < -0.3 is 19.3 Å². The molecule has 2 amide bonds. The molecule has 0 saturated carbocycles. The lowest BCUT2D eigenvalue weighted by Gasteiger charge is -2.37. The molecule has 7 heteroatoms. The Hall–Kier alpha value is -2.73. The molecule has 0 N–H and O–H groups in total. The van der Waals surface area contributed by atoms with Gasteiger partial charge in [-0.05, 0) is 54.8 Å². The molecule has 158 valence electrons. The van der Waals surface area contributed by atoms with Crippen molar-refractivity contribution in [3.05, 3.63) is 58.1 Å². The Kier molecular flexibility index (Phi) is 5.86. The molecule has 0 aromatic heterocycles. The first-order valence-corrected chi connectivity index (χ1v) is 10.5. The highest BCUT2D eigenvalue weighted by molar-refractivity contribution is 6.30. The van der Waals surface area contributed by atoms with Crippen molar-refractivity contribution >= 4 is 23.4 Å². The van der Waals surface area contributed by atoms with E-state index in [1.165, 1.54) is 0 Å². The lowest BCUT2D eigenvalue weighted by molar-refractivity contribution is -0.138. The molecule has 1 saturated heterocycles. The standard InChI is InChI=1S/C23H25ClN2O4/c1-15-3-4-16(13-21(15)29-2)22(27)25-7-9-26(10-8-25)23(28)18-11-17-12-19(24)5-6-20(17)30-14-18/h3-6,12-13,18H,7-11,14H2,1-2H3. The van der Waals surface area contributed by atoms with Gasteiger partial charge in [-0.25, -0.2) is 0 Å². The molecular formula is C23H25ClN2O4. The summed E-state index contributed by atoms with van der Waals surface area (Å²) in [7, 11) is 1.60. The van der Waals surface area contributed by atoms with Crippen LogP contribution in [0.5, 0.6) is 11.5 Å². The smallest absolute Gasteiger partial charge is 0.254 e. The van der Waals surface area contributed by atoms with E-state index in [2.05, 4.69) is 0 Å². The maximum Gasteiger partial charge on any atom is 0.254 e. The molecule has 2 aromatic carbocycles. The first-order chi connectivity index (χ1) is 14.5. The van der Waals surface area contributed by atoms with E-state index < -0.39 is 0 Å². The number of benzene rings is 2. The Balaban J connectivity index is 1.36. The van der Waals surface area contributed by atoms with Crippen molar-refractivity contribution in [1.29, 1.82) is 0 Å². The summed E-state index contributed by atoms with van der Waals surface area (Å²) in [4.78, 5) is 29.5. The second-order valence-corrected chi connectivity index (χ2v) is 8.20. The molecule has 1 atom stereocenters. The topological polar surface area (TPSA) is 59.1 Å². The highest BCUT2D eigenvalue weighted by Gasteiger charge is 2.32. The van der Waals surface area contributed by atoms with E-state index in [0.717, 1.165) is 16.9 Å². The highest BCUT2D eigenvalue weighted by atomic mass is 35.5. The van der Waals surface area contributed by atoms with Crippen LogP contribution in [0.1, 0.15) is 21.5 Å². The van der Waals surface area contributed by atoms with Gasteiger partial charge in [0.05, 0.1) is 13.0 Å². The van der Waals surface area contributed by atoms with Crippen LogP contribution in [0.2, 0.25) is 5.02 Å². The number of ether oxygens (including phenoxy) is 2. The second-order valence-electron chi connectivity index (χ2n) is 7.77. The van der Waals surface area contributed by atoms with Crippen molar-refractivity contribution in [3.63, 3.8) is 0 Å². The van der Waals surface area contributed by atoms with Gasteiger partial charge in [-0.3, -0.25) is 9.59 Å². The Morgan fingerprint density at radius 3 is 2.53 bits per heavy atom. The fourth-order valence-electron chi connectivity index (χ4n) is 4.05. The third-order valence-corrected chi connectivity index (χ3v) is 6.05. The number of aryl methyl sites for hydroxylation is 1. The SMILES string of the molecule is COc1cc(C(=O)N2CCN(C(=O)C3COc4ccc(Cl)cc4C3)CC2)ccc1C. The predicted molar refractivity (Wildman–Crippen MR) is 114 cm³/mol. The van der Waals surface area contributed by atoms with Gasteiger partial charge in [0.1, 0.15) is 18.1 Å². The minimum atomic E-state index is -0.223. The molecule has 6 nitrogen and oxygen atoms in total. The van der Waals surface area contributed by atoms with Gasteiger partial charge in [0.15, 0.2) is 0 Å². The number of hydrogen-bond donors (Lipinski definition) is 0. The Morgan fingerprint density at radius 2 is 1.80 bits per heavy atom. The maximum atomic E-state index is 13.0. The zero-order valence-electron chi connectivity index (χ0n) is 17.2. The lowest BCUT2D eigenvalue weighted by atomic mass is 9.95. The largest absolute Gasteiger partial charge is 0.496 e. The molecule has 1 unspecified atom stereocenters. The molecule has 2 aromatic rings. The molecule has 0 bridgehead atoms. The van der Waals surface area contributed by atoms with Crippen molar-refractivity contribution < 1.29 is 19.1 Å². The highest BCUT2D eigenvalue weighted by Crippen LogP contribution is 2.30. The van der Waals surface area contributed by atoms with Crippen molar-refractivity contribution in [1.82, 2.24) is 9.80 Å². The number of rotatable bonds is 3. The van der Waals surface area contributed by atoms with Crippen LogP contribution in [0.3, 0.4) is 0 Å². The van der Waals surface area contributed by atoms with Gasteiger partial charge in [-0.15, -0.1) is 0 Å². The lowest BCUT2D eigenvalue weighted by Crippen LogP contribution is -2.53. The van der Waals surface area contributed by atoms with Crippen LogP contribution in [-0.2, 0) is 11.2 Å². The van der Waals surface area contributed by atoms with Crippen LogP contribution in [0.25, 0.3) is 0 Å². The van der Waals surface area contributed by atoms with Crippen LogP contribution in [-0.4, -0.2) is 61.5 Å². The fraction of sp³-hybridized carbons (Fsp3) is 0.391. The first kappa shape index (κ1) is 20.5. The molecular weight excluding hydrogens is 404 g/mol. The van der Waals surface area contributed by atoms with Crippen LogP contribution < -0.4 is 9.47 Å². The monoisotopic (exact) mass is 428 g/mol. The number of fused-ring (bicyclic) bond motifs is 1. The Morgan fingerprint density at radius 1 is 1.07 bits per heavy atom. The summed E-state index contributed by atoms with van der Waals surface area (Å²) in [6.07, 6.45) is 0.622. The summed E-state index contributed by atoms with van der Waals surface area (Å²) in [6, 6.07) is 11.0. The van der Waals surface area contributed by atoms with E-state index >= 15 is 0 Å². The van der Waals surface area contributed by atoms with Crippen molar-refractivity contribution in [3.8, 4) is 11.5 Å². The number of methoxy groups -OCH3 is 1. The first-order valence-electron chi connectivity index (χ1n) is 10.1. The molecule has 0 spiro atoms. The quantitative estimate of drug-likeness (QED) is 0.753. The average molecular weight is 429 g/mol. The van der Waals surface area contributed by atoms with Crippen LogP contribution in [0.4, 0.5) is 0 Å². The van der Waals surface area contributed by atoms with Gasteiger partial charge in [0.25, 0.3) is 5.91 Å². The molecule has 2 aliphatic heterocycles. The molecule has 0 radical (unpaired) electrons. The maximum absolute atomic E-state index is 13.0. The number of hydrogen-bond acceptors (Lipinski definition) is 4. The zero-order valence-corrected chi connectivity index (χ0v) is 17.9. The van der Waals surface area contributed by atoms with E-state index in [9.17, 15) is 9.59 Å². The number of halogens is 1.